The van der Waals surface area contributed by atoms with Gasteiger partial charge in [-0.3, -0.25) is 0 Å². The summed E-state index contributed by atoms with van der Waals surface area (Å²) in [5.74, 6) is 0.304. The average Bonchev–Trinajstić information content (AvgIpc) is 2.60. The lowest BCUT2D eigenvalue weighted by atomic mass is 9.91. The first kappa shape index (κ1) is 11.9. The number of nitrogens with one attached hydrogen (secondary N) is 1. The summed E-state index contributed by atoms with van der Waals surface area (Å²) in [6.07, 6.45) is 6.75. The van der Waals surface area contributed by atoms with Crippen LogP contribution in [0.1, 0.15) is 25.7 Å². The van der Waals surface area contributed by atoms with Gasteiger partial charge in [0, 0.05) is 36.6 Å². The number of aromatic nitrogens is 1. The lowest BCUT2D eigenvalue weighted by Gasteiger charge is -2.36. The Morgan fingerprint density at radius 1 is 1.39 bits per heavy atom. The monoisotopic (exact) mass is 249 g/mol. The summed E-state index contributed by atoms with van der Waals surface area (Å²) in [6, 6.07) is 4.82. The van der Waals surface area contributed by atoms with Crippen molar-refractivity contribution in [1.29, 1.82) is 0 Å². The van der Waals surface area contributed by atoms with Gasteiger partial charge in [-0.05, 0) is 44.7 Å². The van der Waals surface area contributed by atoms with Gasteiger partial charge < -0.3 is 10.2 Å². The van der Waals surface area contributed by atoms with E-state index in [1.165, 1.54) is 37.9 Å². The maximum atomic E-state index is 13.0. The molecule has 3 nitrogen and oxygen atoms in total. The summed E-state index contributed by atoms with van der Waals surface area (Å²) in [7, 11) is 2.25. The maximum Gasteiger partial charge on any atom is 0.214 e. The van der Waals surface area contributed by atoms with Crippen molar-refractivity contribution in [2.75, 3.05) is 18.9 Å². The second-order valence-electron chi connectivity index (χ2n) is 5.64. The van der Waals surface area contributed by atoms with Crippen molar-refractivity contribution >= 4 is 5.69 Å². The quantitative estimate of drug-likeness (QED) is 0.834. The van der Waals surface area contributed by atoms with Crippen molar-refractivity contribution in [2.45, 2.75) is 37.8 Å². The molecular weight excluding hydrogens is 229 g/mol. The number of fused-ring (bicyclic) bond motifs is 2. The molecule has 18 heavy (non-hydrogen) atoms. The molecule has 2 aliphatic rings. The van der Waals surface area contributed by atoms with Crippen LogP contribution in [-0.2, 0) is 0 Å². The van der Waals surface area contributed by atoms with Crippen LogP contribution in [0.3, 0.4) is 0 Å². The van der Waals surface area contributed by atoms with Crippen LogP contribution in [-0.4, -0.2) is 35.6 Å². The van der Waals surface area contributed by atoms with Gasteiger partial charge in [0.15, 0.2) is 0 Å². The minimum absolute atomic E-state index is 0.413. The molecule has 0 saturated carbocycles. The Labute approximate surface area is 107 Å². The highest BCUT2D eigenvalue weighted by atomic mass is 19.1. The van der Waals surface area contributed by atoms with Gasteiger partial charge in [-0.2, -0.15) is 4.39 Å². The predicted octanol–water partition coefficient (Wildman–Crippen LogP) is 2.51. The Morgan fingerprint density at radius 3 is 2.78 bits per heavy atom. The summed E-state index contributed by atoms with van der Waals surface area (Å²) in [4.78, 5) is 6.11. The molecule has 4 heteroatoms. The number of rotatable bonds is 3. The van der Waals surface area contributed by atoms with Crippen LogP contribution in [0.25, 0.3) is 0 Å². The van der Waals surface area contributed by atoms with Gasteiger partial charge in [-0.25, -0.2) is 4.98 Å². The van der Waals surface area contributed by atoms with E-state index in [-0.39, 0.29) is 0 Å². The first-order chi connectivity index (χ1) is 8.72. The van der Waals surface area contributed by atoms with E-state index in [4.69, 9.17) is 0 Å². The van der Waals surface area contributed by atoms with Gasteiger partial charge in [-0.1, -0.05) is 0 Å². The molecule has 2 aliphatic heterocycles. The predicted molar refractivity (Wildman–Crippen MR) is 70.0 cm³/mol. The Kier molecular flexibility index (Phi) is 3.20. The van der Waals surface area contributed by atoms with Crippen molar-refractivity contribution in [3.05, 3.63) is 24.3 Å². The molecule has 1 aromatic heterocycles. The minimum atomic E-state index is -0.413. The molecule has 0 aliphatic carbocycles. The third-order valence-electron chi connectivity index (χ3n) is 4.52. The van der Waals surface area contributed by atoms with Crippen molar-refractivity contribution in [3.63, 3.8) is 0 Å². The van der Waals surface area contributed by atoms with E-state index in [1.54, 1.807) is 0 Å². The first-order valence-corrected chi connectivity index (χ1v) is 6.80. The second kappa shape index (κ2) is 4.84. The molecule has 1 aromatic rings. The topological polar surface area (TPSA) is 28.2 Å². The number of nitrogens with zero attached hydrogens (tertiary/aromatic N) is 2. The van der Waals surface area contributed by atoms with Crippen LogP contribution in [0.4, 0.5) is 10.1 Å². The SMILES string of the molecule is CN1C2CCC1CC(CNc1ccnc(F)c1)C2. The number of piperidine rings is 1. The minimum Gasteiger partial charge on any atom is -0.385 e. The Morgan fingerprint density at radius 2 is 2.11 bits per heavy atom. The second-order valence-corrected chi connectivity index (χ2v) is 5.64. The highest BCUT2D eigenvalue weighted by molar-refractivity contribution is 5.41. The number of hydrogen-bond donors (Lipinski definition) is 1. The fourth-order valence-corrected chi connectivity index (χ4v) is 3.47. The van der Waals surface area contributed by atoms with Crippen LogP contribution in [0.5, 0.6) is 0 Å². The highest BCUT2D eigenvalue weighted by Crippen LogP contribution is 2.37. The molecule has 2 unspecified atom stereocenters. The third kappa shape index (κ3) is 2.34. The van der Waals surface area contributed by atoms with Gasteiger partial charge in [0.05, 0.1) is 0 Å². The van der Waals surface area contributed by atoms with Crippen LogP contribution in [0, 0.1) is 11.9 Å². The maximum absolute atomic E-state index is 13.0. The standard InChI is InChI=1S/C14H20FN3/c1-18-12-2-3-13(18)7-10(6-12)9-17-11-4-5-16-14(15)8-11/h4-5,8,10,12-13H,2-3,6-7,9H2,1H3,(H,16,17). The normalized spacial score (nSPS) is 31.6. The van der Waals surface area contributed by atoms with Gasteiger partial charge in [0.2, 0.25) is 5.95 Å². The van der Waals surface area contributed by atoms with E-state index in [2.05, 4.69) is 22.2 Å². The summed E-state index contributed by atoms with van der Waals surface area (Å²) < 4.78 is 13.0. The zero-order chi connectivity index (χ0) is 12.5. The van der Waals surface area contributed by atoms with E-state index >= 15 is 0 Å². The average molecular weight is 249 g/mol. The molecule has 3 heterocycles. The summed E-state index contributed by atoms with van der Waals surface area (Å²) in [5.41, 5.74) is 0.841. The van der Waals surface area contributed by atoms with Crippen LogP contribution >= 0.6 is 0 Å². The summed E-state index contributed by atoms with van der Waals surface area (Å²) in [6.45, 7) is 0.949. The highest BCUT2D eigenvalue weighted by Gasteiger charge is 2.37. The smallest absolute Gasteiger partial charge is 0.214 e. The first-order valence-electron chi connectivity index (χ1n) is 6.80. The molecule has 0 radical (unpaired) electrons. The zero-order valence-corrected chi connectivity index (χ0v) is 10.8. The zero-order valence-electron chi connectivity index (χ0n) is 10.8. The molecule has 0 amide bonds. The van der Waals surface area contributed by atoms with Crippen LogP contribution < -0.4 is 5.32 Å². The van der Waals surface area contributed by atoms with E-state index in [1.807, 2.05) is 6.07 Å². The summed E-state index contributed by atoms with van der Waals surface area (Å²) in [5, 5.41) is 3.34. The van der Waals surface area contributed by atoms with E-state index < -0.39 is 5.95 Å². The van der Waals surface area contributed by atoms with E-state index in [0.717, 1.165) is 30.2 Å². The molecule has 2 bridgehead atoms. The van der Waals surface area contributed by atoms with Crippen LogP contribution in [0.15, 0.2) is 18.3 Å². The lowest BCUT2D eigenvalue weighted by Crippen LogP contribution is -2.41. The Bertz CT molecular complexity index is 409. The van der Waals surface area contributed by atoms with E-state index in [0.29, 0.717) is 0 Å². The number of anilines is 1. The molecule has 2 fully saturated rings. The molecule has 2 atom stereocenters. The molecule has 0 aromatic carbocycles. The van der Waals surface area contributed by atoms with Gasteiger partial charge >= 0.3 is 0 Å². The van der Waals surface area contributed by atoms with Crippen molar-refractivity contribution < 1.29 is 4.39 Å². The van der Waals surface area contributed by atoms with Crippen molar-refractivity contribution in [1.82, 2.24) is 9.88 Å². The lowest BCUT2D eigenvalue weighted by molar-refractivity contribution is 0.139. The molecule has 3 rings (SSSR count). The largest absolute Gasteiger partial charge is 0.385 e. The Balaban J connectivity index is 1.55. The molecule has 2 saturated heterocycles. The number of halogens is 1. The number of hydrogen-bond acceptors (Lipinski definition) is 3. The van der Waals surface area contributed by atoms with Crippen molar-refractivity contribution in [3.8, 4) is 0 Å². The molecule has 1 N–H and O–H groups in total. The molecular formula is C14H20FN3. The van der Waals surface area contributed by atoms with Gasteiger partial charge in [0.1, 0.15) is 0 Å². The van der Waals surface area contributed by atoms with Gasteiger partial charge in [0.25, 0.3) is 0 Å². The van der Waals surface area contributed by atoms with Crippen molar-refractivity contribution in [2.24, 2.45) is 5.92 Å². The Hall–Kier alpha value is -1.16. The fraction of sp³-hybridized carbons (Fsp3) is 0.643. The fourth-order valence-electron chi connectivity index (χ4n) is 3.47. The van der Waals surface area contributed by atoms with Crippen LogP contribution in [0.2, 0.25) is 0 Å². The van der Waals surface area contributed by atoms with Gasteiger partial charge in [-0.15, -0.1) is 0 Å². The van der Waals surface area contributed by atoms with E-state index in [9.17, 15) is 4.39 Å². The third-order valence-corrected chi connectivity index (χ3v) is 4.52. The molecule has 98 valence electrons. The number of pyridine rings is 1. The molecule has 0 spiro atoms. The summed E-state index contributed by atoms with van der Waals surface area (Å²) >= 11 is 0.